The van der Waals surface area contributed by atoms with E-state index in [1.807, 2.05) is 84.9 Å². The topological polar surface area (TPSA) is 54.1 Å². The molecule has 0 aliphatic rings. The lowest BCUT2D eigenvalue weighted by molar-refractivity contribution is 1.02. The molecule has 8 aromatic carbocycles. The molecular formula is C56H42N4. The maximum atomic E-state index is 10.5. The highest BCUT2D eigenvalue weighted by molar-refractivity contribution is 6.05. The molecule has 0 saturated heterocycles. The van der Waals surface area contributed by atoms with E-state index in [-0.39, 0.29) is 0 Å². The fourth-order valence-corrected chi connectivity index (χ4v) is 7.76. The Balaban J connectivity index is 1.17. The van der Waals surface area contributed by atoms with Gasteiger partial charge in [0, 0.05) is 35.0 Å². The molecule has 8 rings (SSSR count). The van der Waals surface area contributed by atoms with E-state index in [1.165, 1.54) is 0 Å². The van der Waals surface area contributed by atoms with E-state index in [0.29, 0.717) is 22.3 Å². The van der Waals surface area contributed by atoms with Crippen LogP contribution in [0.5, 0.6) is 0 Å². The van der Waals surface area contributed by atoms with Crippen LogP contribution in [0.2, 0.25) is 0 Å². The minimum absolute atomic E-state index is 0.329. The minimum Gasteiger partial charge on any atom is -0.342 e. The average Bonchev–Trinajstić information content (AvgIpc) is 3.33. The van der Waals surface area contributed by atoms with E-state index in [0.717, 1.165) is 68.4 Å². The van der Waals surface area contributed by atoms with Crippen LogP contribution in [0.15, 0.2) is 224 Å². The molecule has 0 spiro atoms. The van der Waals surface area contributed by atoms with Gasteiger partial charge in [0.05, 0.1) is 11.1 Å². The van der Waals surface area contributed by atoms with Crippen LogP contribution < -0.4 is 9.80 Å². The van der Waals surface area contributed by atoms with Gasteiger partial charge in [0.15, 0.2) is 0 Å². The van der Waals surface area contributed by atoms with Crippen molar-refractivity contribution in [3.63, 3.8) is 0 Å². The third-order valence-corrected chi connectivity index (χ3v) is 10.6. The van der Waals surface area contributed by atoms with E-state index >= 15 is 0 Å². The molecule has 4 nitrogen and oxygen atoms in total. The Morgan fingerprint density at radius 1 is 0.333 bits per heavy atom. The summed E-state index contributed by atoms with van der Waals surface area (Å²) in [7, 11) is 0. The van der Waals surface area contributed by atoms with Gasteiger partial charge in [-0.05, 0) is 112 Å². The number of anilines is 5. The second kappa shape index (κ2) is 18.4. The summed E-state index contributed by atoms with van der Waals surface area (Å²) in [5, 5.41) is 20.9. The highest BCUT2D eigenvalue weighted by atomic mass is 15.1. The van der Waals surface area contributed by atoms with Gasteiger partial charge in [-0.3, -0.25) is 0 Å². The van der Waals surface area contributed by atoms with Gasteiger partial charge in [-0.25, -0.2) is 0 Å². The summed E-state index contributed by atoms with van der Waals surface area (Å²) in [6.07, 6.45) is 0. The van der Waals surface area contributed by atoms with Crippen molar-refractivity contribution in [1.29, 1.82) is 10.5 Å². The largest absolute Gasteiger partial charge is 0.342 e. The lowest BCUT2D eigenvalue weighted by Crippen LogP contribution is -2.15. The molecule has 0 aliphatic carbocycles. The molecule has 0 aliphatic heterocycles. The SMILES string of the molecule is CCN(c1ccccc1)c1ccc(/C(C#N)=C(\C#N)c2ccc(N(c3ccccc3)c3ccc(C(=C(c4ccccc4)c4ccccc4)c4ccccc4)cc3)cc2)cc1. The van der Waals surface area contributed by atoms with Gasteiger partial charge in [-0.2, -0.15) is 10.5 Å². The molecule has 0 heterocycles. The summed E-state index contributed by atoms with van der Waals surface area (Å²) < 4.78 is 0. The Kier molecular flexibility index (Phi) is 11.9. The lowest BCUT2D eigenvalue weighted by atomic mass is 9.86. The van der Waals surface area contributed by atoms with E-state index in [1.54, 1.807) is 0 Å². The van der Waals surface area contributed by atoms with Crippen LogP contribution in [0.3, 0.4) is 0 Å². The van der Waals surface area contributed by atoms with Gasteiger partial charge < -0.3 is 9.80 Å². The summed E-state index contributed by atoms with van der Waals surface area (Å²) in [5.41, 5.74) is 13.9. The van der Waals surface area contributed by atoms with Gasteiger partial charge in [0.1, 0.15) is 12.1 Å². The zero-order chi connectivity index (χ0) is 41.1. The number of nitrogens with zero attached hydrogens (tertiary/aromatic N) is 4. The van der Waals surface area contributed by atoms with E-state index in [4.69, 9.17) is 0 Å². The predicted octanol–water partition coefficient (Wildman–Crippen LogP) is 14.3. The second-order valence-electron chi connectivity index (χ2n) is 14.2. The fourth-order valence-electron chi connectivity index (χ4n) is 7.76. The standard InChI is InChI=1S/C56H42N4/c1-2-59(48-24-14-6-15-25-48)49-34-28-42(29-35-49)53(40-57)54(41-58)43-30-36-51(37-31-43)60(50-26-16-7-17-27-50)52-38-32-47(33-39-52)56(46-22-12-5-13-23-46)55(44-18-8-3-9-19-44)45-20-10-4-11-21-45/h3-39H,2H2,1H3/b54-53+. The van der Waals surface area contributed by atoms with Crippen molar-refractivity contribution in [2.75, 3.05) is 16.3 Å². The summed E-state index contributed by atoms with van der Waals surface area (Å²) in [5.74, 6) is 0. The summed E-state index contributed by atoms with van der Waals surface area (Å²) in [6, 6.07) is 81.4. The smallest absolute Gasteiger partial charge is 0.101 e. The molecule has 0 radical (unpaired) electrons. The van der Waals surface area contributed by atoms with Crippen molar-refractivity contribution in [2.45, 2.75) is 6.92 Å². The molecule has 8 aromatic rings. The Bertz CT molecular complexity index is 2760. The quantitative estimate of drug-likeness (QED) is 0.0917. The van der Waals surface area contributed by atoms with E-state index in [9.17, 15) is 10.5 Å². The molecule has 0 unspecified atom stereocenters. The summed E-state index contributed by atoms with van der Waals surface area (Å²) in [4.78, 5) is 4.42. The first-order chi connectivity index (χ1) is 29.7. The fraction of sp³-hybridized carbons (Fsp3) is 0.0357. The third kappa shape index (κ3) is 8.27. The van der Waals surface area contributed by atoms with Crippen LogP contribution in [-0.2, 0) is 0 Å². The molecule has 4 heteroatoms. The van der Waals surface area contributed by atoms with Crippen molar-refractivity contribution >= 4 is 50.7 Å². The predicted molar refractivity (Wildman–Crippen MR) is 249 cm³/mol. The maximum Gasteiger partial charge on any atom is 0.101 e. The van der Waals surface area contributed by atoms with Crippen LogP contribution in [0.1, 0.15) is 40.3 Å². The Hall–Kier alpha value is -8.18. The van der Waals surface area contributed by atoms with Gasteiger partial charge >= 0.3 is 0 Å². The van der Waals surface area contributed by atoms with E-state index in [2.05, 4.69) is 168 Å². The number of benzene rings is 8. The summed E-state index contributed by atoms with van der Waals surface area (Å²) >= 11 is 0. The number of hydrogen-bond donors (Lipinski definition) is 0. The number of para-hydroxylation sites is 2. The van der Waals surface area contributed by atoms with Crippen molar-refractivity contribution in [1.82, 2.24) is 0 Å². The van der Waals surface area contributed by atoms with Crippen molar-refractivity contribution in [2.24, 2.45) is 0 Å². The Morgan fingerprint density at radius 2 is 0.600 bits per heavy atom. The lowest BCUT2D eigenvalue weighted by Gasteiger charge is -2.26. The molecule has 0 amide bonds. The highest BCUT2D eigenvalue weighted by Crippen LogP contribution is 2.40. The molecule has 0 aromatic heterocycles. The van der Waals surface area contributed by atoms with Gasteiger partial charge in [-0.15, -0.1) is 0 Å². The number of allylic oxidation sites excluding steroid dienone is 2. The monoisotopic (exact) mass is 770 g/mol. The first-order valence-electron chi connectivity index (χ1n) is 20.1. The highest BCUT2D eigenvalue weighted by Gasteiger charge is 2.19. The van der Waals surface area contributed by atoms with Crippen LogP contribution in [0, 0.1) is 22.7 Å². The van der Waals surface area contributed by atoms with Crippen molar-refractivity contribution < 1.29 is 0 Å². The maximum absolute atomic E-state index is 10.5. The zero-order valence-electron chi connectivity index (χ0n) is 33.4. The first-order valence-corrected chi connectivity index (χ1v) is 20.1. The third-order valence-electron chi connectivity index (χ3n) is 10.6. The average molecular weight is 771 g/mol. The van der Waals surface area contributed by atoms with Crippen LogP contribution >= 0.6 is 0 Å². The number of nitriles is 2. The van der Waals surface area contributed by atoms with Crippen LogP contribution in [-0.4, -0.2) is 6.54 Å². The number of rotatable bonds is 12. The normalized spacial score (nSPS) is 11.1. The molecule has 0 saturated carbocycles. The zero-order valence-corrected chi connectivity index (χ0v) is 33.4. The summed E-state index contributed by atoms with van der Waals surface area (Å²) in [6.45, 7) is 2.90. The van der Waals surface area contributed by atoms with Crippen molar-refractivity contribution in [3.05, 3.63) is 258 Å². The van der Waals surface area contributed by atoms with E-state index < -0.39 is 0 Å². The second-order valence-corrected chi connectivity index (χ2v) is 14.2. The van der Waals surface area contributed by atoms with Crippen LogP contribution in [0.4, 0.5) is 28.4 Å². The van der Waals surface area contributed by atoms with Gasteiger partial charge in [0.2, 0.25) is 0 Å². The van der Waals surface area contributed by atoms with Gasteiger partial charge in [-0.1, -0.05) is 164 Å². The number of hydrogen-bond acceptors (Lipinski definition) is 4. The molecular weight excluding hydrogens is 729 g/mol. The molecule has 60 heavy (non-hydrogen) atoms. The van der Waals surface area contributed by atoms with Gasteiger partial charge in [0.25, 0.3) is 0 Å². The minimum atomic E-state index is 0.329. The molecule has 286 valence electrons. The molecule has 0 bridgehead atoms. The Morgan fingerprint density at radius 3 is 0.950 bits per heavy atom. The van der Waals surface area contributed by atoms with Crippen molar-refractivity contribution in [3.8, 4) is 12.1 Å². The molecule has 0 atom stereocenters. The first kappa shape index (κ1) is 38.7. The van der Waals surface area contributed by atoms with Crippen LogP contribution in [0.25, 0.3) is 22.3 Å². The Labute approximate surface area is 353 Å². The molecule has 0 fully saturated rings. The molecule has 0 N–H and O–H groups in total.